The fraction of sp³-hybridized carbons (Fsp3) is 0.800. The van der Waals surface area contributed by atoms with Crippen molar-refractivity contribution in [2.45, 2.75) is 20.3 Å². The minimum Gasteiger partial charge on any atom is -0.354 e. The molecule has 5 heteroatoms. The van der Waals surface area contributed by atoms with Crippen LogP contribution in [0.4, 0.5) is 0 Å². The van der Waals surface area contributed by atoms with Crippen molar-refractivity contribution in [2.24, 2.45) is 5.92 Å². The number of hydrogen-bond donors (Lipinski definition) is 3. The van der Waals surface area contributed by atoms with Crippen molar-refractivity contribution >= 4 is 11.8 Å². The first-order valence-electron chi connectivity index (χ1n) is 5.24. The Morgan fingerprint density at radius 3 is 2.33 bits per heavy atom. The van der Waals surface area contributed by atoms with E-state index in [1.54, 1.807) is 7.05 Å². The summed E-state index contributed by atoms with van der Waals surface area (Å²) in [5.41, 5.74) is 0. The van der Waals surface area contributed by atoms with E-state index >= 15 is 0 Å². The smallest absolute Gasteiger partial charge is 0.239 e. The Bertz CT molecular complexity index is 205. The summed E-state index contributed by atoms with van der Waals surface area (Å²) in [5, 5.41) is 8.14. The van der Waals surface area contributed by atoms with Crippen molar-refractivity contribution in [3.05, 3.63) is 0 Å². The highest BCUT2D eigenvalue weighted by Crippen LogP contribution is 1.86. The second kappa shape index (κ2) is 8.23. The Morgan fingerprint density at radius 2 is 1.80 bits per heavy atom. The van der Waals surface area contributed by atoms with E-state index in [0.29, 0.717) is 25.4 Å². The molecular formula is C10H21N3O2. The lowest BCUT2D eigenvalue weighted by Crippen LogP contribution is -2.38. The van der Waals surface area contributed by atoms with Gasteiger partial charge in [-0.2, -0.15) is 0 Å². The Hall–Kier alpha value is -1.10. The van der Waals surface area contributed by atoms with Crippen LogP contribution in [0.3, 0.4) is 0 Å². The summed E-state index contributed by atoms with van der Waals surface area (Å²) in [6, 6.07) is 0. The zero-order valence-corrected chi connectivity index (χ0v) is 9.72. The van der Waals surface area contributed by atoms with Crippen molar-refractivity contribution in [2.75, 3.05) is 26.7 Å². The number of carbonyl (C=O) groups excluding carboxylic acids is 2. The summed E-state index contributed by atoms with van der Waals surface area (Å²) in [7, 11) is 1.78. The van der Waals surface area contributed by atoms with E-state index in [-0.39, 0.29) is 18.4 Å². The summed E-state index contributed by atoms with van der Waals surface area (Å²) < 4.78 is 0. The van der Waals surface area contributed by atoms with Gasteiger partial charge in [-0.3, -0.25) is 9.59 Å². The summed E-state index contributed by atoms with van der Waals surface area (Å²) in [5.74, 6) is 0.180. The van der Waals surface area contributed by atoms with Crippen LogP contribution in [0.5, 0.6) is 0 Å². The van der Waals surface area contributed by atoms with Crippen LogP contribution >= 0.6 is 0 Å². The third-order valence-electron chi connectivity index (χ3n) is 1.76. The van der Waals surface area contributed by atoms with E-state index in [9.17, 15) is 9.59 Å². The van der Waals surface area contributed by atoms with E-state index in [4.69, 9.17) is 0 Å². The molecule has 0 unspecified atom stereocenters. The van der Waals surface area contributed by atoms with Gasteiger partial charge in [0.1, 0.15) is 0 Å². The van der Waals surface area contributed by atoms with E-state index in [1.807, 2.05) is 13.8 Å². The summed E-state index contributed by atoms with van der Waals surface area (Å²) in [6.07, 6.45) is 0.397. The second-order valence-electron chi connectivity index (χ2n) is 3.83. The molecule has 0 atom stereocenters. The van der Waals surface area contributed by atoms with E-state index in [2.05, 4.69) is 16.0 Å². The third kappa shape index (κ3) is 9.21. The second-order valence-corrected chi connectivity index (χ2v) is 3.83. The summed E-state index contributed by atoms with van der Waals surface area (Å²) in [6.45, 7) is 5.37. The predicted octanol–water partition coefficient (Wildman–Crippen LogP) is -0.516. The van der Waals surface area contributed by atoms with Crippen molar-refractivity contribution in [1.29, 1.82) is 0 Å². The third-order valence-corrected chi connectivity index (χ3v) is 1.76. The van der Waals surface area contributed by atoms with Crippen molar-refractivity contribution < 1.29 is 9.59 Å². The summed E-state index contributed by atoms with van der Waals surface area (Å²) >= 11 is 0. The van der Waals surface area contributed by atoms with E-state index < -0.39 is 0 Å². The van der Waals surface area contributed by atoms with Gasteiger partial charge in [0.05, 0.1) is 6.54 Å². The average Bonchev–Trinajstić information content (AvgIpc) is 2.20. The van der Waals surface area contributed by atoms with Gasteiger partial charge >= 0.3 is 0 Å². The highest BCUT2D eigenvalue weighted by atomic mass is 16.2. The van der Waals surface area contributed by atoms with Gasteiger partial charge < -0.3 is 16.0 Å². The largest absolute Gasteiger partial charge is 0.354 e. The Labute approximate surface area is 91.0 Å². The lowest BCUT2D eigenvalue weighted by molar-refractivity contribution is -0.126. The summed E-state index contributed by atoms with van der Waals surface area (Å²) in [4.78, 5) is 22.3. The number of carbonyl (C=O) groups is 2. The molecule has 0 bridgehead atoms. The fourth-order valence-corrected chi connectivity index (χ4v) is 0.886. The van der Waals surface area contributed by atoms with Crippen LogP contribution in [-0.4, -0.2) is 38.5 Å². The normalized spacial score (nSPS) is 10.1. The van der Waals surface area contributed by atoms with Crippen molar-refractivity contribution in [3.8, 4) is 0 Å². The molecule has 0 saturated heterocycles. The number of nitrogens with one attached hydrogen (secondary N) is 3. The molecule has 0 aromatic carbocycles. The molecule has 5 nitrogen and oxygen atoms in total. The van der Waals surface area contributed by atoms with Crippen molar-refractivity contribution in [3.63, 3.8) is 0 Å². The molecule has 0 fully saturated rings. The molecule has 15 heavy (non-hydrogen) atoms. The van der Waals surface area contributed by atoms with Gasteiger partial charge in [0.2, 0.25) is 11.8 Å². The average molecular weight is 215 g/mol. The van der Waals surface area contributed by atoms with Crippen LogP contribution in [0, 0.1) is 5.92 Å². The molecule has 0 aromatic heterocycles. The lowest BCUT2D eigenvalue weighted by Gasteiger charge is -2.08. The fourth-order valence-electron chi connectivity index (χ4n) is 0.886. The molecule has 0 spiro atoms. The molecule has 0 aromatic rings. The Kier molecular flexibility index (Phi) is 7.62. The molecule has 3 N–H and O–H groups in total. The molecule has 0 aliphatic rings. The predicted molar refractivity (Wildman–Crippen MR) is 59.4 cm³/mol. The molecule has 0 aliphatic carbocycles. The molecule has 0 aliphatic heterocycles. The minimum absolute atomic E-state index is 0.0647. The molecule has 0 heterocycles. The van der Waals surface area contributed by atoms with Gasteiger partial charge in [0, 0.05) is 19.5 Å². The monoisotopic (exact) mass is 215 g/mol. The Balaban J connectivity index is 3.49. The van der Waals surface area contributed by atoms with Crippen LogP contribution in [0.2, 0.25) is 0 Å². The minimum atomic E-state index is -0.137. The molecule has 2 amide bonds. The standard InChI is InChI=1S/C10H21N3O2/c1-8(2)6-12-10(15)7-13-9(14)4-5-11-3/h8,11H,4-7H2,1-3H3,(H,12,15)(H,13,14). The van der Waals surface area contributed by atoms with Gasteiger partial charge in [-0.05, 0) is 13.0 Å². The zero-order chi connectivity index (χ0) is 11.7. The first kappa shape index (κ1) is 13.9. The topological polar surface area (TPSA) is 70.2 Å². The van der Waals surface area contributed by atoms with E-state index in [1.165, 1.54) is 0 Å². The Morgan fingerprint density at radius 1 is 1.13 bits per heavy atom. The lowest BCUT2D eigenvalue weighted by atomic mass is 10.2. The SMILES string of the molecule is CNCCC(=O)NCC(=O)NCC(C)C. The van der Waals surface area contributed by atoms with Crippen LogP contribution < -0.4 is 16.0 Å². The first-order chi connectivity index (χ1) is 7.06. The zero-order valence-electron chi connectivity index (χ0n) is 9.72. The molecule has 0 saturated carbocycles. The maximum atomic E-state index is 11.2. The van der Waals surface area contributed by atoms with Gasteiger partial charge in [-0.1, -0.05) is 13.8 Å². The van der Waals surface area contributed by atoms with Crippen LogP contribution in [0.15, 0.2) is 0 Å². The van der Waals surface area contributed by atoms with Gasteiger partial charge in [-0.25, -0.2) is 0 Å². The maximum Gasteiger partial charge on any atom is 0.239 e. The first-order valence-corrected chi connectivity index (χ1v) is 5.24. The van der Waals surface area contributed by atoms with Crippen LogP contribution in [-0.2, 0) is 9.59 Å². The quantitative estimate of drug-likeness (QED) is 0.535. The molecular weight excluding hydrogens is 194 g/mol. The molecule has 0 radical (unpaired) electrons. The van der Waals surface area contributed by atoms with E-state index in [0.717, 1.165) is 0 Å². The van der Waals surface area contributed by atoms with Gasteiger partial charge in [0.15, 0.2) is 0 Å². The maximum absolute atomic E-state index is 11.2. The number of hydrogen-bond acceptors (Lipinski definition) is 3. The molecule has 0 rings (SSSR count). The highest BCUT2D eigenvalue weighted by molar-refractivity contribution is 5.84. The van der Waals surface area contributed by atoms with Gasteiger partial charge in [0.25, 0.3) is 0 Å². The van der Waals surface area contributed by atoms with Gasteiger partial charge in [-0.15, -0.1) is 0 Å². The van der Waals surface area contributed by atoms with Crippen LogP contribution in [0.1, 0.15) is 20.3 Å². The number of amides is 2. The molecule has 88 valence electrons. The van der Waals surface area contributed by atoms with Crippen molar-refractivity contribution in [1.82, 2.24) is 16.0 Å². The highest BCUT2D eigenvalue weighted by Gasteiger charge is 2.04. The van der Waals surface area contributed by atoms with Crippen LogP contribution in [0.25, 0.3) is 0 Å². The number of rotatable bonds is 7.